The quantitative estimate of drug-likeness (QED) is 0.903. The largest absolute Gasteiger partial charge is 0.486 e. The number of hydrogen-bond donors (Lipinski definition) is 1. The van der Waals surface area contributed by atoms with E-state index in [2.05, 4.69) is 17.4 Å². The molecule has 98 valence electrons. The topological polar surface area (TPSA) is 30.5 Å². The molecule has 0 saturated carbocycles. The number of rotatable bonds is 4. The van der Waals surface area contributed by atoms with E-state index in [1.165, 1.54) is 23.5 Å². The Morgan fingerprint density at radius 3 is 2.94 bits per heavy atom. The van der Waals surface area contributed by atoms with Crippen molar-refractivity contribution in [1.82, 2.24) is 5.32 Å². The monoisotopic (exact) mass is 265 g/mol. The van der Waals surface area contributed by atoms with Gasteiger partial charge in [0.05, 0.1) is 0 Å². The van der Waals surface area contributed by atoms with E-state index in [1.807, 2.05) is 17.8 Å². The molecular formula is C14H19NO2S. The van der Waals surface area contributed by atoms with E-state index in [4.69, 9.17) is 9.47 Å². The lowest BCUT2D eigenvalue weighted by molar-refractivity contribution is 0.171. The van der Waals surface area contributed by atoms with Crippen molar-refractivity contribution in [2.24, 2.45) is 0 Å². The molecule has 2 aliphatic rings. The predicted octanol–water partition coefficient (Wildman–Crippen LogP) is 2.10. The van der Waals surface area contributed by atoms with Crippen molar-refractivity contribution < 1.29 is 9.47 Å². The first-order chi connectivity index (χ1) is 8.92. The van der Waals surface area contributed by atoms with Crippen molar-refractivity contribution in [1.29, 1.82) is 0 Å². The number of benzene rings is 1. The molecule has 0 radical (unpaired) electrons. The molecule has 3 nitrogen and oxygen atoms in total. The maximum Gasteiger partial charge on any atom is 0.161 e. The van der Waals surface area contributed by atoms with Crippen molar-refractivity contribution >= 4 is 11.8 Å². The minimum atomic E-state index is 0.660. The molecule has 1 aromatic carbocycles. The van der Waals surface area contributed by atoms with E-state index in [-0.39, 0.29) is 0 Å². The van der Waals surface area contributed by atoms with Gasteiger partial charge in [-0.2, -0.15) is 11.8 Å². The predicted molar refractivity (Wildman–Crippen MR) is 74.9 cm³/mol. The minimum Gasteiger partial charge on any atom is -0.486 e. The van der Waals surface area contributed by atoms with Crippen LogP contribution < -0.4 is 14.8 Å². The highest BCUT2D eigenvalue weighted by Gasteiger charge is 2.15. The van der Waals surface area contributed by atoms with Crippen LogP contribution in [-0.4, -0.2) is 37.3 Å². The molecule has 0 spiro atoms. The third kappa shape index (κ3) is 2.93. The molecule has 1 N–H and O–H groups in total. The Morgan fingerprint density at radius 2 is 2.11 bits per heavy atom. The highest BCUT2D eigenvalue weighted by Crippen LogP contribution is 2.30. The first-order valence-electron chi connectivity index (χ1n) is 6.61. The van der Waals surface area contributed by atoms with Crippen LogP contribution in [0.1, 0.15) is 12.0 Å². The average molecular weight is 265 g/mol. The van der Waals surface area contributed by atoms with Crippen molar-refractivity contribution in [2.75, 3.05) is 31.3 Å². The van der Waals surface area contributed by atoms with Gasteiger partial charge in [0.25, 0.3) is 0 Å². The number of fused-ring (bicyclic) bond motifs is 1. The smallest absolute Gasteiger partial charge is 0.161 e. The zero-order valence-electron chi connectivity index (χ0n) is 10.5. The second-order valence-corrected chi connectivity index (χ2v) is 5.89. The van der Waals surface area contributed by atoms with Crippen LogP contribution in [0.5, 0.6) is 11.5 Å². The Morgan fingerprint density at radius 1 is 1.22 bits per heavy atom. The van der Waals surface area contributed by atoms with Crippen LogP contribution in [0.3, 0.4) is 0 Å². The van der Waals surface area contributed by atoms with Crippen LogP contribution in [-0.2, 0) is 6.42 Å². The van der Waals surface area contributed by atoms with Gasteiger partial charge >= 0.3 is 0 Å². The number of nitrogens with one attached hydrogen (secondary N) is 1. The summed E-state index contributed by atoms with van der Waals surface area (Å²) < 4.78 is 11.1. The van der Waals surface area contributed by atoms with E-state index in [9.17, 15) is 0 Å². The summed E-state index contributed by atoms with van der Waals surface area (Å²) in [5.74, 6) is 4.35. The van der Waals surface area contributed by atoms with Gasteiger partial charge in [-0.3, -0.25) is 0 Å². The van der Waals surface area contributed by atoms with Crippen LogP contribution in [0.2, 0.25) is 0 Å². The normalized spacial score (nSPS) is 22.1. The summed E-state index contributed by atoms with van der Waals surface area (Å²) in [6.07, 6.45) is 2.36. The summed E-state index contributed by atoms with van der Waals surface area (Å²) in [7, 11) is 0. The molecule has 4 heteroatoms. The van der Waals surface area contributed by atoms with Crippen LogP contribution in [0, 0.1) is 0 Å². The summed E-state index contributed by atoms with van der Waals surface area (Å²) in [5.41, 5.74) is 1.32. The zero-order valence-corrected chi connectivity index (χ0v) is 11.3. The molecule has 1 atom stereocenters. The molecule has 1 fully saturated rings. The van der Waals surface area contributed by atoms with Gasteiger partial charge in [0, 0.05) is 11.8 Å². The minimum absolute atomic E-state index is 0.660. The zero-order chi connectivity index (χ0) is 12.2. The van der Waals surface area contributed by atoms with Crippen molar-refractivity contribution in [2.45, 2.75) is 18.9 Å². The molecule has 1 unspecified atom stereocenters. The fourth-order valence-electron chi connectivity index (χ4n) is 2.36. The third-order valence-electron chi connectivity index (χ3n) is 3.38. The Balaban J connectivity index is 1.52. The molecule has 2 aliphatic heterocycles. The second kappa shape index (κ2) is 5.85. The number of thioether (sulfide) groups is 1. The van der Waals surface area contributed by atoms with Gasteiger partial charge in [0.1, 0.15) is 13.2 Å². The summed E-state index contributed by atoms with van der Waals surface area (Å²) >= 11 is 2.05. The Bertz CT molecular complexity index is 405. The van der Waals surface area contributed by atoms with Gasteiger partial charge < -0.3 is 14.8 Å². The second-order valence-electron chi connectivity index (χ2n) is 4.74. The van der Waals surface area contributed by atoms with Gasteiger partial charge in [-0.05, 0) is 42.8 Å². The van der Waals surface area contributed by atoms with Gasteiger partial charge in [0.2, 0.25) is 0 Å². The highest BCUT2D eigenvalue weighted by atomic mass is 32.2. The molecule has 3 rings (SSSR count). The van der Waals surface area contributed by atoms with Crippen LogP contribution in [0.4, 0.5) is 0 Å². The fraction of sp³-hybridized carbons (Fsp3) is 0.571. The van der Waals surface area contributed by atoms with Gasteiger partial charge in [-0.15, -0.1) is 0 Å². The van der Waals surface area contributed by atoms with E-state index < -0.39 is 0 Å². The van der Waals surface area contributed by atoms with Crippen LogP contribution in [0.15, 0.2) is 18.2 Å². The van der Waals surface area contributed by atoms with E-state index in [0.717, 1.165) is 24.5 Å². The summed E-state index contributed by atoms with van der Waals surface area (Å²) in [6.45, 7) is 2.37. The molecule has 1 aromatic rings. The SMILES string of the molecule is c1cc2c(cc1CCNC1CCSC1)OCCO2. The lowest BCUT2D eigenvalue weighted by atomic mass is 10.1. The molecule has 18 heavy (non-hydrogen) atoms. The van der Waals surface area contributed by atoms with Gasteiger partial charge in [0.15, 0.2) is 11.5 Å². The lowest BCUT2D eigenvalue weighted by Gasteiger charge is -2.19. The summed E-state index contributed by atoms with van der Waals surface area (Å²) in [5, 5.41) is 3.62. The van der Waals surface area contributed by atoms with Gasteiger partial charge in [-0.1, -0.05) is 6.07 Å². The number of hydrogen-bond acceptors (Lipinski definition) is 4. The molecule has 2 heterocycles. The standard InChI is InChI=1S/C14H19NO2S/c1-2-13-14(17-7-6-16-13)9-11(1)3-5-15-12-4-8-18-10-12/h1-2,9,12,15H,3-8,10H2. The Labute approximate surface area is 112 Å². The maximum atomic E-state index is 5.60. The highest BCUT2D eigenvalue weighted by molar-refractivity contribution is 7.99. The first kappa shape index (κ1) is 12.2. The Hall–Kier alpha value is -0.870. The summed E-state index contributed by atoms with van der Waals surface area (Å²) in [4.78, 5) is 0. The van der Waals surface area contributed by atoms with Crippen molar-refractivity contribution in [3.8, 4) is 11.5 Å². The molecular weight excluding hydrogens is 246 g/mol. The molecule has 0 amide bonds. The van der Waals surface area contributed by atoms with Crippen molar-refractivity contribution in [3.05, 3.63) is 23.8 Å². The maximum absolute atomic E-state index is 5.60. The van der Waals surface area contributed by atoms with E-state index in [0.29, 0.717) is 19.3 Å². The Kier molecular flexibility index (Phi) is 3.96. The molecule has 0 aliphatic carbocycles. The molecule has 0 aromatic heterocycles. The lowest BCUT2D eigenvalue weighted by Crippen LogP contribution is -2.30. The van der Waals surface area contributed by atoms with Crippen LogP contribution >= 0.6 is 11.8 Å². The molecule has 0 bridgehead atoms. The van der Waals surface area contributed by atoms with Crippen LogP contribution in [0.25, 0.3) is 0 Å². The summed E-state index contributed by atoms with van der Waals surface area (Å²) in [6, 6.07) is 6.99. The van der Waals surface area contributed by atoms with E-state index >= 15 is 0 Å². The average Bonchev–Trinajstić information content (AvgIpc) is 2.92. The number of ether oxygens (including phenoxy) is 2. The van der Waals surface area contributed by atoms with Crippen molar-refractivity contribution in [3.63, 3.8) is 0 Å². The van der Waals surface area contributed by atoms with E-state index in [1.54, 1.807) is 0 Å². The third-order valence-corrected chi connectivity index (χ3v) is 4.55. The first-order valence-corrected chi connectivity index (χ1v) is 7.77. The fourth-order valence-corrected chi connectivity index (χ4v) is 3.55. The molecule has 1 saturated heterocycles. The van der Waals surface area contributed by atoms with Gasteiger partial charge in [-0.25, -0.2) is 0 Å².